The highest BCUT2D eigenvalue weighted by molar-refractivity contribution is 5.71. The molecule has 6 heteroatoms. The van der Waals surface area contributed by atoms with Gasteiger partial charge in [0.1, 0.15) is 13.2 Å². The van der Waals surface area contributed by atoms with Crippen LogP contribution in [0.2, 0.25) is 0 Å². The maximum absolute atomic E-state index is 12.7. The van der Waals surface area contributed by atoms with E-state index in [2.05, 4.69) is 41.5 Å². The minimum absolute atomic E-state index is 0.0656. The molecule has 0 spiro atoms. The third-order valence-corrected chi connectivity index (χ3v) is 12.0. The first-order chi connectivity index (χ1) is 28.1. The van der Waals surface area contributed by atoms with Gasteiger partial charge in [0, 0.05) is 19.3 Å². The Morgan fingerprint density at radius 2 is 0.603 bits per heavy atom. The molecule has 0 bridgehead atoms. The number of carbonyl (C=O) groups is 3. The average molecular weight is 821 g/mol. The third kappa shape index (κ3) is 44.0. The van der Waals surface area contributed by atoms with Crippen molar-refractivity contribution >= 4 is 17.9 Å². The van der Waals surface area contributed by atoms with Crippen LogP contribution >= 0.6 is 0 Å². The van der Waals surface area contributed by atoms with Gasteiger partial charge in [-0.3, -0.25) is 14.4 Å². The monoisotopic (exact) mass is 821 g/mol. The molecule has 344 valence electrons. The molecule has 0 heterocycles. The maximum atomic E-state index is 12.7. The number of unbranched alkanes of at least 4 members (excludes halogenated alkanes) is 27. The van der Waals surface area contributed by atoms with Gasteiger partial charge < -0.3 is 14.2 Å². The summed E-state index contributed by atoms with van der Waals surface area (Å²) in [5.41, 5.74) is 0. The Morgan fingerprint density at radius 1 is 0.345 bits per heavy atom. The van der Waals surface area contributed by atoms with E-state index in [-0.39, 0.29) is 31.1 Å². The van der Waals surface area contributed by atoms with E-state index < -0.39 is 6.10 Å². The zero-order valence-corrected chi connectivity index (χ0v) is 39.8. The number of hydrogen-bond donors (Lipinski definition) is 0. The Labute approximate surface area is 361 Å². The fraction of sp³-hybridized carbons (Fsp3) is 0.942. The Bertz CT molecular complexity index is 900. The van der Waals surface area contributed by atoms with E-state index in [9.17, 15) is 14.4 Å². The van der Waals surface area contributed by atoms with Gasteiger partial charge in [0.25, 0.3) is 0 Å². The van der Waals surface area contributed by atoms with E-state index in [1.54, 1.807) is 0 Å². The zero-order valence-electron chi connectivity index (χ0n) is 39.8. The summed E-state index contributed by atoms with van der Waals surface area (Å²) < 4.78 is 16.8. The predicted molar refractivity (Wildman–Crippen MR) is 247 cm³/mol. The van der Waals surface area contributed by atoms with Gasteiger partial charge in [-0.2, -0.15) is 0 Å². The van der Waals surface area contributed by atoms with Crippen molar-refractivity contribution in [3.8, 4) is 0 Å². The van der Waals surface area contributed by atoms with Gasteiger partial charge in [-0.1, -0.05) is 241 Å². The van der Waals surface area contributed by atoms with Crippen LogP contribution in [0.1, 0.15) is 279 Å². The Morgan fingerprint density at radius 3 is 0.897 bits per heavy atom. The minimum Gasteiger partial charge on any atom is -0.462 e. The first-order valence-electron chi connectivity index (χ1n) is 25.6. The fourth-order valence-electron chi connectivity index (χ4n) is 7.73. The molecule has 0 fully saturated rings. The Hall–Kier alpha value is -1.59. The Kier molecular flexibility index (Phi) is 42.3. The lowest BCUT2D eigenvalue weighted by Crippen LogP contribution is -2.30. The van der Waals surface area contributed by atoms with Crippen LogP contribution in [0, 0.1) is 17.8 Å². The number of hydrogen-bond acceptors (Lipinski definition) is 6. The van der Waals surface area contributed by atoms with Crippen LogP contribution in [-0.2, 0) is 28.6 Å². The molecule has 0 amide bonds. The Balaban J connectivity index is 4.26. The summed E-state index contributed by atoms with van der Waals surface area (Å²) >= 11 is 0. The molecule has 0 aromatic rings. The largest absolute Gasteiger partial charge is 0.462 e. The molecule has 0 aromatic carbocycles. The second-order valence-electron chi connectivity index (χ2n) is 19.0. The predicted octanol–water partition coefficient (Wildman–Crippen LogP) is 16.4. The molecular weight excluding hydrogens is 721 g/mol. The number of carbonyl (C=O) groups excluding carboxylic acids is 3. The maximum Gasteiger partial charge on any atom is 0.306 e. The fourth-order valence-corrected chi connectivity index (χ4v) is 7.73. The first kappa shape index (κ1) is 56.4. The van der Waals surface area contributed by atoms with E-state index in [1.807, 2.05) is 0 Å². The molecule has 1 unspecified atom stereocenters. The highest BCUT2D eigenvalue weighted by Crippen LogP contribution is 2.18. The molecule has 0 saturated heterocycles. The molecule has 0 aliphatic rings. The summed E-state index contributed by atoms with van der Waals surface area (Å²) in [7, 11) is 0. The van der Waals surface area contributed by atoms with Crippen LogP contribution in [0.4, 0.5) is 0 Å². The molecule has 6 nitrogen and oxygen atoms in total. The number of esters is 3. The standard InChI is InChI=1S/C52H100O6/c1-7-48(6)40-34-28-22-17-18-24-30-36-42-51(54)57-45-49(58-52(55)43-37-31-25-19-21-27-33-39-47(4)5)44-56-50(53)41-35-29-23-16-14-12-10-8-9-11-13-15-20-26-32-38-46(2)3/h46-49H,7-45H2,1-6H3/t48?,49-/m1/s1. The van der Waals surface area contributed by atoms with Crippen LogP contribution in [-0.4, -0.2) is 37.2 Å². The minimum atomic E-state index is -0.763. The number of ether oxygens (including phenoxy) is 3. The summed E-state index contributed by atoms with van der Waals surface area (Å²) in [5.74, 6) is 1.62. The lowest BCUT2D eigenvalue weighted by Gasteiger charge is -2.18. The smallest absolute Gasteiger partial charge is 0.306 e. The van der Waals surface area contributed by atoms with Crippen LogP contribution in [0.5, 0.6) is 0 Å². The highest BCUT2D eigenvalue weighted by atomic mass is 16.6. The summed E-state index contributed by atoms with van der Waals surface area (Å²) in [6.07, 6.45) is 42.4. The van der Waals surface area contributed by atoms with E-state index in [0.29, 0.717) is 19.3 Å². The van der Waals surface area contributed by atoms with Crippen LogP contribution in [0.25, 0.3) is 0 Å². The van der Waals surface area contributed by atoms with E-state index >= 15 is 0 Å². The second kappa shape index (κ2) is 43.5. The lowest BCUT2D eigenvalue weighted by atomic mass is 9.99. The number of rotatable bonds is 45. The van der Waals surface area contributed by atoms with Gasteiger partial charge in [-0.25, -0.2) is 0 Å². The molecule has 0 radical (unpaired) electrons. The van der Waals surface area contributed by atoms with Gasteiger partial charge in [0.2, 0.25) is 0 Å². The van der Waals surface area contributed by atoms with Gasteiger partial charge in [-0.15, -0.1) is 0 Å². The molecule has 0 aliphatic heterocycles. The molecule has 2 atom stereocenters. The molecule has 0 aromatic heterocycles. The quantitative estimate of drug-likeness (QED) is 0.0346. The summed E-state index contributed by atoms with van der Waals surface area (Å²) in [6, 6.07) is 0. The van der Waals surface area contributed by atoms with Crippen molar-refractivity contribution in [3.05, 3.63) is 0 Å². The summed E-state index contributed by atoms with van der Waals surface area (Å²) in [5, 5.41) is 0. The lowest BCUT2D eigenvalue weighted by molar-refractivity contribution is -0.167. The van der Waals surface area contributed by atoms with Gasteiger partial charge in [0.15, 0.2) is 6.10 Å². The van der Waals surface area contributed by atoms with Gasteiger partial charge >= 0.3 is 17.9 Å². The zero-order chi connectivity index (χ0) is 42.7. The van der Waals surface area contributed by atoms with Crippen molar-refractivity contribution in [2.24, 2.45) is 17.8 Å². The second-order valence-corrected chi connectivity index (χ2v) is 19.0. The first-order valence-corrected chi connectivity index (χ1v) is 25.6. The normalized spacial score (nSPS) is 12.6. The van der Waals surface area contributed by atoms with Gasteiger partial charge in [-0.05, 0) is 37.0 Å². The van der Waals surface area contributed by atoms with E-state index in [1.165, 1.54) is 161 Å². The van der Waals surface area contributed by atoms with Crippen LogP contribution in [0.3, 0.4) is 0 Å². The molecule has 0 rings (SSSR count). The molecule has 58 heavy (non-hydrogen) atoms. The van der Waals surface area contributed by atoms with E-state index in [4.69, 9.17) is 14.2 Å². The van der Waals surface area contributed by atoms with Crippen molar-refractivity contribution in [1.29, 1.82) is 0 Å². The molecular formula is C52H100O6. The van der Waals surface area contributed by atoms with Crippen LogP contribution in [0.15, 0.2) is 0 Å². The van der Waals surface area contributed by atoms with Crippen molar-refractivity contribution in [1.82, 2.24) is 0 Å². The van der Waals surface area contributed by atoms with Crippen LogP contribution < -0.4 is 0 Å². The highest BCUT2D eigenvalue weighted by Gasteiger charge is 2.19. The summed E-state index contributed by atoms with van der Waals surface area (Å²) in [6.45, 7) is 13.7. The van der Waals surface area contributed by atoms with Gasteiger partial charge in [0.05, 0.1) is 0 Å². The van der Waals surface area contributed by atoms with Crippen molar-refractivity contribution in [3.63, 3.8) is 0 Å². The van der Waals surface area contributed by atoms with E-state index in [0.717, 1.165) is 75.5 Å². The molecule has 0 aliphatic carbocycles. The topological polar surface area (TPSA) is 78.9 Å². The summed E-state index contributed by atoms with van der Waals surface area (Å²) in [4.78, 5) is 37.9. The van der Waals surface area contributed by atoms with Crippen molar-refractivity contribution in [2.45, 2.75) is 285 Å². The molecule has 0 saturated carbocycles. The van der Waals surface area contributed by atoms with Crippen molar-refractivity contribution in [2.75, 3.05) is 13.2 Å². The SMILES string of the molecule is CCC(C)CCCCCCCCCCC(=O)OC[C@@H](COC(=O)CCCCCCCCCCCCCCCCCC(C)C)OC(=O)CCCCCCCCCC(C)C. The third-order valence-electron chi connectivity index (χ3n) is 12.0. The van der Waals surface area contributed by atoms with Crippen molar-refractivity contribution < 1.29 is 28.6 Å². The molecule has 0 N–H and O–H groups in total. The average Bonchev–Trinajstić information content (AvgIpc) is 3.19.